The molecule has 8 heteroatoms. The number of nitrogens with zero attached hydrogens (tertiary/aromatic N) is 3. The van der Waals surface area contributed by atoms with Crippen molar-refractivity contribution in [3.63, 3.8) is 0 Å². The molecule has 0 aliphatic heterocycles. The predicted molar refractivity (Wildman–Crippen MR) is 73.7 cm³/mol. The Kier molecular flexibility index (Phi) is 5.36. The summed E-state index contributed by atoms with van der Waals surface area (Å²) >= 11 is 0. The normalized spacial score (nSPS) is 13.7. The van der Waals surface area contributed by atoms with Crippen molar-refractivity contribution in [3.8, 4) is 0 Å². The monoisotopic (exact) mass is 317 g/mol. The highest BCUT2D eigenvalue weighted by Gasteiger charge is 2.28. The summed E-state index contributed by atoms with van der Waals surface area (Å²) in [5, 5.41) is 4.23. The van der Waals surface area contributed by atoms with Crippen molar-refractivity contribution in [1.82, 2.24) is 14.6 Å². The van der Waals surface area contributed by atoms with Crippen LogP contribution in [0.2, 0.25) is 0 Å². The lowest BCUT2D eigenvalue weighted by atomic mass is 10.2. The molecule has 0 aromatic carbocycles. The summed E-state index contributed by atoms with van der Waals surface area (Å²) in [6, 6.07) is 1.89. The summed E-state index contributed by atoms with van der Waals surface area (Å²) in [5.74, 6) is 0. The third kappa shape index (κ3) is 4.96. The minimum atomic E-state index is -4.31. The van der Waals surface area contributed by atoms with Gasteiger partial charge in [-0.25, -0.2) is 9.50 Å². The Morgan fingerprint density at radius 1 is 1.36 bits per heavy atom. The molecule has 2 heterocycles. The molecule has 0 aliphatic rings. The molecule has 2 aromatic heterocycles. The first-order valence-electron chi connectivity index (χ1n) is 6.88. The summed E-state index contributed by atoms with van der Waals surface area (Å²) in [6.45, 7) is 0.932. The number of imidazole rings is 1. The second kappa shape index (κ2) is 7.06. The molecule has 0 N–H and O–H groups in total. The number of aromatic nitrogens is 3. The van der Waals surface area contributed by atoms with Crippen LogP contribution in [0, 0.1) is 0 Å². The van der Waals surface area contributed by atoms with E-state index in [4.69, 9.17) is 9.47 Å². The molecular weight excluding hydrogens is 299 g/mol. The lowest BCUT2D eigenvalue weighted by Crippen LogP contribution is -2.22. The summed E-state index contributed by atoms with van der Waals surface area (Å²) in [5.41, 5.74) is 2.30. The summed E-state index contributed by atoms with van der Waals surface area (Å²) < 4.78 is 47.7. The Morgan fingerprint density at radius 3 is 2.82 bits per heavy atom. The highest BCUT2D eigenvalue weighted by atomic mass is 19.4. The van der Waals surface area contributed by atoms with Crippen molar-refractivity contribution in [1.29, 1.82) is 0 Å². The van der Waals surface area contributed by atoms with Crippen molar-refractivity contribution in [3.05, 3.63) is 29.7 Å². The zero-order valence-corrected chi connectivity index (χ0v) is 12.4. The molecule has 0 amide bonds. The van der Waals surface area contributed by atoms with Gasteiger partial charge in [-0.15, -0.1) is 0 Å². The van der Waals surface area contributed by atoms with Gasteiger partial charge >= 0.3 is 6.18 Å². The van der Waals surface area contributed by atoms with Crippen molar-refractivity contribution < 1.29 is 22.6 Å². The Hall–Kier alpha value is -1.67. The minimum absolute atomic E-state index is 0.298. The van der Waals surface area contributed by atoms with E-state index >= 15 is 0 Å². The Bertz CT molecular complexity index is 613. The molecule has 2 rings (SSSR count). The van der Waals surface area contributed by atoms with Crippen molar-refractivity contribution in [2.45, 2.75) is 32.0 Å². The Balaban J connectivity index is 1.99. The number of fused-ring (bicyclic) bond motifs is 1. The van der Waals surface area contributed by atoms with Gasteiger partial charge in [-0.05, 0) is 25.0 Å². The van der Waals surface area contributed by atoms with Crippen LogP contribution >= 0.6 is 0 Å². The summed E-state index contributed by atoms with van der Waals surface area (Å²) in [6.07, 6.45) is -0.436. The fourth-order valence-corrected chi connectivity index (χ4v) is 2.01. The molecule has 0 aliphatic carbocycles. The van der Waals surface area contributed by atoms with Gasteiger partial charge in [0.05, 0.1) is 30.8 Å². The number of hydrogen-bond acceptors (Lipinski definition) is 4. The first-order valence-corrected chi connectivity index (χ1v) is 6.88. The molecule has 22 heavy (non-hydrogen) atoms. The molecular formula is C14H18F3N3O2. The van der Waals surface area contributed by atoms with Crippen LogP contribution < -0.4 is 0 Å². The molecule has 0 spiro atoms. The largest absolute Gasteiger partial charge is 0.411 e. The number of alkyl halides is 3. The highest BCUT2D eigenvalue weighted by molar-refractivity contribution is 5.40. The van der Waals surface area contributed by atoms with E-state index in [1.54, 1.807) is 30.9 Å². The van der Waals surface area contributed by atoms with E-state index in [9.17, 15) is 13.2 Å². The lowest BCUT2D eigenvalue weighted by Gasteiger charge is -2.13. The molecule has 1 atom stereocenters. The van der Waals surface area contributed by atoms with Crippen molar-refractivity contribution in [2.24, 2.45) is 0 Å². The number of hydrogen-bond donors (Lipinski definition) is 0. The van der Waals surface area contributed by atoms with Crippen LogP contribution in [0.25, 0.3) is 5.65 Å². The van der Waals surface area contributed by atoms with Gasteiger partial charge in [-0.2, -0.15) is 18.3 Å². The van der Waals surface area contributed by atoms with E-state index in [1.165, 1.54) is 0 Å². The molecule has 0 saturated carbocycles. The predicted octanol–water partition coefficient (Wildman–Crippen LogP) is 2.43. The van der Waals surface area contributed by atoms with E-state index in [1.807, 2.05) is 6.07 Å². The minimum Gasteiger partial charge on any atom is -0.384 e. The molecule has 0 fully saturated rings. The third-order valence-electron chi connectivity index (χ3n) is 3.05. The maximum Gasteiger partial charge on any atom is 0.411 e. The molecule has 1 unspecified atom stereocenters. The molecule has 0 saturated heterocycles. The van der Waals surface area contributed by atoms with Gasteiger partial charge in [-0.1, -0.05) is 0 Å². The molecule has 2 aromatic rings. The maximum absolute atomic E-state index is 12.1. The zero-order valence-electron chi connectivity index (χ0n) is 12.4. The number of ether oxygens (including phenoxy) is 2. The number of halogens is 3. The molecule has 0 bridgehead atoms. The lowest BCUT2D eigenvalue weighted by molar-refractivity contribution is -0.183. The smallest absolute Gasteiger partial charge is 0.384 e. The first kappa shape index (κ1) is 16.7. The van der Waals surface area contributed by atoms with Gasteiger partial charge in [0, 0.05) is 13.5 Å². The average molecular weight is 317 g/mol. The summed E-state index contributed by atoms with van der Waals surface area (Å²) in [7, 11) is 1.63. The van der Waals surface area contributed by atoms with Crippen LogP contribution in [0.5, 0.6) is 0 Å². The Morgan fingerprint density at radius 2 is 2.14 bits per heavy atom. The van der Waals surface area contributed by atoms with Gasteiger partial charge in [0.15, 0.2) is 5.65 Å². The van der Waals surface area contributed by atoms with Gasteiger partial charge in [-0.3, -0.25) is 0 Å². The summed E-state index contributed by atoms with van der Waals surface area (Å²) in [4.78, 5) is 4.36. The van der Waals surface area contributed by atoms with Crippen LogP contribution in [0.3, 0.4) is 0 Å². The van der Waals surface area contributed by atoms with E-state index in [-0.39, 0.29) is 0 Å². The van der Waals surface area contributed by atoms with Crippen LogP contribution in [0.4, 0.5) is 13.2 Å². The molecule has 5 nitrogen and oxygen atoms in total. The van der Waals surface area contributed by atoms with Crippen LogP contribution in [0.15, 0.2) is 18.5 Å². The van der Waals surface area contributed by atoms with Gasteiger partial charge in [0.1, 0.15) is 6.61 Å². The third-order valence-corrected chi connectivity index (χ3v) is 3.05. The van der Waals surface area contributed by atoms with E-state index in [2.05, 4.69) is 10.1 Å². The van der Waals surface area contributed by atoms with Crippen LogP contribution in [-0.2, 0) is 22.3 Å². The number of rotatable bonds is 7. The maximum atomic E-state index is 12.1. The molecule has 122 valence electrons. The Labute approximate surface area is 126 Å². The second-order valence-electron chi connectivity index (χ2n) is 5.08. The van der Waals surface area contributed by atoms with Gasteiger partial charge in [0.25, 0.3) is 0 Å². The molecule has 0 radical (unpaired) electrons. The van der Waals surface area contributed by atoms with Crippen molar-refractivity contribution in [2.75, 3.05) is 20.3 Å². The van der Waals surface area contributed by atoms with Gasteiger partial charge < -0.3 is 9.47 Å². The average Bonchev–Trinajstić information content (AvgIpc) is 2.83. The van der Waals surface area contributed by atoms with Crippen molar-refractivity contribution >= 4 is 5.65 Å². The highest BCUT2D eigenvalue weighted by Crippen LogP contribution is 2.17. The zero-order chi connectivity index (χ0) is 16.2. The fourth-order valence-electron chi connectivity index (χ4n) is 2.01. The standard InChI is InChI=1S/C14H18F3N3O2/c1-10(22-9-14(15,16)17)5-12-8-20-13(19-12)6-11(7-18-20)3-4-21-2/h6-8,10H,3-5,9H2,1-2H3. The van der Waals surface area contributed by atoms with Gasteiger partial charge in [0.2, 0.25) is 0 Å². The van der Waals surface area contributed by atoms with E-state index < -0.39 is 18.9 Å². The quantitative estimate of drug-likeness (QED) is 0.787. The second-order valence-corrected chi connectivity index (χ2v) is 5.08. The number of methoxy groups -OCH3 is 1. The SMILES string of the molecule is COCCc1cnn2cc(CC(C)OCC(F)(F)F)nc2c1. The van der Waals surface area contributed by atoms with E-state index in [0.717, 1.165) is 12.0 Å². The van der Waals surface area contributed by atoms with E-state index in [0.29, 0.717) is 24.4 Å². The first-order chi connectivity index (χ1) is 10.4. The van der Waals surface area contributed by atoms with Crippen LogP contribution in [-0.4, -0.2) is 47.2 Å². The fraction of sp³-hybridized carbons (Fsp3) is 0.571. The van der Waals surface area contributed by atoms with Crippen LogP contribution in [0.1, 0.15) is 18.2 Å². The topological polar surface area (TPSA) is 48.7 Å².